The van der Waals surface area contributed by atoms with E-state index in [9.17, 15) is 42.3 Å². The maximum Gasteiger partial charge on any atom is 0.373 e. The van der Waals surface area contributed by atoms with Gasteiger partial charge in [-0.3, -0.25) is 19.2 Å². The van der Waals surface area contributed by atoms with Crippen molar-refractivity contribution < 1.29 is 66.1 Å². The van der Waals surface area contributed by atoms with Crippen molar-refractivity contribution in [2.45, 2.75) is 152 Å². The molecule has 0 aliphatic heterocycles. The van der Waals surface area contributed by atoms with E-state index < -0.39 is 29.3 Å². The van der Waals surface area contributed by atoms with Crippen LogP contribution in [0.5, 0.6) is 17.2 Å². The molecule has 6 aromatic carbocycles. The molecule has 0 atom stereocenters. The van der Waals surface area contributed by atoms with Gasteiger partial charge in [-0.15, -0.1) is 0 Å². The first-order valence-electron chi connectivity index (χ1n) is 34.0. The number of fused-ring (bicyclic) bond motifs is 3. The summed E-state index contributed by atoms with van der Waals surface area (Å²) in [4.78, 5) is 78.2. The molecule has 0 bridgehead atoms. The van der Waals surface area contributed by atoms with Crippen LogP contribution < -0.4 is 35.9 Å². The highest BCUT2D eigenvalue weighted by atomic mass is 19.1. The lowest BCUT2D eigenvalue weighted by atomic mass is 9.95. The van der Waals surface area contributed by atoms with Gasteiger partial charge in [-0.05, 0) is 237 Å². The van der Waals surface area contributed by atoms with Gasteiger partial charge in [-0.2, -0.15) is 24.9 Å². The molecule has 3 heterocycles. The van der Waals surface area contributed by atoms with E-state index >= 15 is 0 Å². The number of aromatic carboxylic acids is 1. The zero-order valence-electron chi connectivity index (χ0n) is 57.8. The highest BCUT2D eigenvalue weighted by Gasteiger charge is 2.30. The summed E-state index contributed by atoms with van der Waals surface area (Å²) in [5.41, 5.74) is 21.2. The van der Waals surface area contributed by atoms with Gasteiger partial charge in [0, 0.05) is 53.1 Å². The number of ether oxygens (including phenoxy) is 3. The van der Waals surface area contributed by atoms with Gasteiger partial charge in [0.25, 0.3) is 23.6 Å². The Morgan fingerprint density at radius 1 is 0.465 bits per heavy atom. The second-order valence-corrected chi connectivity index (χ2v) is 24.5. The van der Waals surface area contributed by atoms with Crippen LogP contribution in [0.4, 0.5) is 13.2 Å². The van der Waals surface area contributed by atoms with E-state index in [-0.39, 0.29) is 48.2 Å². The third-order valence-electron chi connectivity index (χ3n) is 17.7. The van der Waals surface area contributed by atoms with Gasteiger partial charge in [-0.25, -0.2) is 32.0 Å². The van der Waals surface area contributed by atoms with Gasteiger partial charge in [0.05, 0.1) is 36.9 Å². The molecule has 0 radical (unpaired) electrons. The Morgan fingerprint density at radius 3 is 1.13 bits per heavy atom. The molecule has 0 saturated heterocycles. The Labute approximate surface area is 583 Å². The van der Waals surface area contributed by atoms with Crippen LogP contribution in [-0.4, -0.2) is 90.0 Å². The molecule has 3 aliphatic rings. The molecule has 12 rings (SSSR count). The van der Waals surface area contributed by atoms with E-state index in [4.69, 9.17) is 34.6 Å². The van der Waals surface area contributed by atoms with Crippen LogP contribution in [0.25, 0.3) is 17.1 Å². The minimum absolute atomic E-state index is 0.174. The van der Waals surface area contributed by atoms with Crippen LogP contribution in [0, 0.1) is 38.2 Å². The number of benzene rings is 6. The molecule has 0 unspecified atom stereocenters. The van der Waals surface area contributed by atoms with Crippen LogP contribution in [0.15, 0.2) is 109 Å². The summed E-state index contributed by atoms with van der Waals surface area (Å²) in [5, 5.41) is 32.6. The SMILES string of the molecule is CCOc1cc(CNC(=O)c2cc(F)ccc2C)ccc1-n1nc2c(c1C(=O)O)CCCC2.CCOc1cc(CNC(=O)c2cc(F)ccc2C)ccc1-n1nc2c(c1C(N)=O)CCCC2.CCOc1cc(CNC(=O)c2cc(F)ccc2C)ccc1-n1nc2c(c1CC)CCCC2.O=C=O. The molecule has 9 aromatic rings. The van der Waals surface area contributed by atoms with Gasteiger partial charge < -0.3 is 41.0 Å². The van der Waals surface area contributed by atoms with Gasteiger partial charge in [0.1, 0.15) is 57.5 Å². The van der Waals surface area contributed by atoms with Crippen molar-refractivity contribution in [1.29, 1.82) is 0 Å². The fourth-order valence-corrected chi connectivity index (χ4v) is 12.8. The molecule has 6 N–H and O–H groups in total. The summed E-state index contributed by atoms with van der Waals surface area (Å²) in [7, 11) is 0. The Morgan fingerprint density at radius 2 is 0.782 bits per heavy atom. The first-order valence-corrected chi connectivity index (χ1v) is 34.0. The molecule has 3 aromatic heterocycles. The zero-order chi connectivity index (χ0) is 72.4. The largest absolute Gasteiger partial charge is 0.492 e. The number of hydrogen-bond acceptors (Lipinski definition) is 13. The Bertz CT molecular complexity index is 4380. The molecule has 0 saturated carbocycles. The summed E-state index contributed by atoms with van der Waals surface area (Å²) in [5.74, 6) is -2.14. The molecule has 528 valence electrons. The van der Waals surface area contributed by atoms with Crippen LogP contribution >= 0.6 is 0 Å². The summed E-state index contributed by atoms with van der Waals surface area (Å²) in [6.45, 7) is 15.2. The fraction of sp³-hybridized carbons (Fsp3) is 0.338. The molecule has 0 fully saturated rings. The fourth-order valence-electron chi connectivity index (χ4n) is 12.8. The number of halogens is 3. The van der Waals surface area contributed by atoms with Crippen molar-refractivity contribution in [3.05, 3.63) is 228 Å². The Balaban J connectivity index is 0.000000173. The van der Waals surface area contributed by atoms with Crippen molar-refractivity contribution in [1.82, 2.24) is 45.3 Å². The first kappa shape index (κ1) is 74.1. The predicted octanol–water partition coefficient (Wildman–Crippen LogP) is 12.4. The third kappa shape index (κ3) is 17.8. The quantitative estimate of drug-likeness (QED) is 0.0447. The predicted molar refractivity (Wildman–Crippen MR) is 371 cm³/mol. The molecule has 0 spiro atoms. The van der Waals surface area contributed by atoms with Gasteiger partial charge in [0.2, 0.25) is 0 Å². The smallest absolute Gasteiger partial charge is 0.373 e. The number of carbonyl (C=O) groups is 5. The topological polar surface area (TPSA) is 283 Å². The van der Waals surface area contributed by atoms with E-state index in [0.717, 1.165) is 120 Å². The highest BCUT2D eigenvalue weighted by Crippen LogP contribution is 2.35. The average molecular weight is 1380 g/mol. The summed E-state index contributed by atoms with van der Waals surface area (Å²) in [6, 6.07) is 29.2. The van der Waals surface area contributed by atoms with Crippen molar-refractivity contribution in [3.8, 4) is 34.3 Å². The number of nitrogens with one attached hydrogen (secondary N) is 3. The number of aromatic nitrogens is 6. The monoisotopic (exact) mass is 1380 g/mol. The van der Waals surface area contributed by atoms with Crippen LogP contribution in [0.2, 0.25) is 0 Å². The van der Waals surface area contributed by atoms with Crippen LogP contribution in [0.1, 0.15) is 191 Å². The number of hydrogen-bond donors (Lipinski definition) is 5. The maximum atomic E-state index is 13.6. The molecule has 4 amide bonds. The highest BCUT2D eigenvalue weighted by molar-refractivity contribution is 5.97. The Hall–Kier alpha value is -11.1. The summed E-state index contributed by atoms with van der Waals surface area (Å²) < 4.78 is 63.4. The maximum absolute atomic E-state index is 13.6. The minimum Gasteiger partial charge on any atom is -0.492 e. The van der Waals surface area contributed by atoms with E-state index in [2.05, 4.69) is 33.1 Å². The van der Waals surface area contributed by atoms with Gasteiger partial charge in [0.15, 0.2) is 5.69 Å². The lowest BCUT2D eigenvalue weighted by Crippen LogP contribution is -2.24. The van der Waals surface area contributed by atoms with Crippen molar-refractivity contribution in [2.75, 3.05) is 19.8 Å². The number of rotatable bonds is 21. The van der Waals surface area contributed by atoms with E-state index in [0.29, 0.717) is 83.6 Å². The molecule has 24 heteroatoms. The van der Waals surface area contributed by atoms with Crippen molar-refractivity contribution >= 4 is 35.7 Å². The zero-order valence-corrected chi connectivity index (χ0v) is 57.8. The molecule has 101 heavy (non-hydrogen) atoms. The van der Waals surface area contributed by atoms with Crippen LogP contribution in [-0.2, 0) is 74.2 Å². The van der Waals surface area contributed by atoms with Crippen molar-refractivity contribution in [3.63, 3.8) is 0 Å². The minimum atomic E-state index is -1.02. The molecular weight excluding hydrogens is 1300 g/mol. The standard InChI is InChI=1S/C26H30FN3O2.C25H27FN4O3.C25H26FN3O4.CO2/c1-4-23-20-8-6-7-9-22(20)29-30(23)24-13-11-18(14-25(24)32-5-2)16-28-26(31)21-15-19(27)12-10-17(21)3;1-3-33-22-12-16(14-28-25(32)19-13-17(26)10-8-15(19)2)9-11-21(22)30-23(24(27)31)18-6-4-5-7-20(18)29-30;1-3-33-22-12-16(14-27-24(30)19-13-17(26)10-8-15(19)2)9-11-21(22)29-23(25(31)32)18-6-4-5-7-20(18)28-29;2-1-3/h10-15H,4-9,16H2,1-3H3,(H,28,31);8-13H,3-7,14H2,1-2H3,(H2,27,31)(H,28,32);8-13H,3-7,14H2,1-2H3,(H,27,30)(H,31,32);. The number of carboxylic acids is 1. The molecule has 3 aliphatic carbocycles. The summed E-state index contributed by atoms with van der Waals surface area (Å²) >= 11 is 0. The van der Waals surface area contributed by atoms with Crippen molar-refractivity contribution in [2.24, 2.45) is 5.73 Å². The third-order valence-corrected chi connectivity index (χ3v) is 17.7. The lowest BCUT2D eigenvalue weighted by molar-refractivity contribution is -0.191. The molecule has 21 nitrogen and oxygen atoms in total. The van der Waals surface area contributed by atoms with Crippen LogP contribution in [0.3, 0.4) is 0 Å². The number of amides is 4. The average Bonchev–Trinajstić information content (AvgIpc) is 1.66. The number of aryl methyl sites for hydroxylation is 6. The second kappa shape index (κ2) is 34.6. The first-order chi connectivity index (χ1) is 48.7. The van der Waals surface area contributed by atoms with E-state index in [1.807, 2.05) is 61.9 Å². The number of nitrogens with two attached hydrogens (primary N) is 1. The molecular formula is C77H83F3N10O11. The van der Waals surface area contributed by atoms with Gasteiger partial charge >= 0.3 is 12.1 Å². The Kier molecular flexibility index (Phi) is 25.4. The normalized spacial score (nSPS) is 12.6. The number of carboxylic acid groups (broad SMARTS) is 1. The second-order valence-electron chi connectivity index (χ2n) is 24.5. The summed E-state index contributed by atoms with van der Waals surface area (Å²) in [6.07, 6.45) is 12.7. The number of nitrogens with zero attached hydrogens (tertiary/aromatic N) is 6. The number of carbonyl (C=O) groups excluding carboxylic acids is 6. The van der Waals surface area contributed by atoms with E-state index in [1.165, 1.54) is 70.9 Å². The number of primary amides is 1. The van der Waals surface area contributed by atoms with Gasteiger partial charge in [-0.1, -0.05) is 43.3 Å². The lowest BCUT2D eigenvalue weighted by Gasteiger charge is -2.15. The van der Waals surface area contributed by atoms with E-state index in [1.54, 1.807) is 61.9 Å².